The Morgan fingerprint density at radius 1 is 0.806 bits per heavy atom. The SMILES string of the molecule is Cn1c(=O)c2c(nc(CN3CCN(Cc4ccccc4)CC3)n2CC(=O)c2ccccc2)n(C)c1=O. The van der Waals surface area contributed by atoms with Crippen molar-refractivity contribution in [2.45, 2.75) is 19.6 Å². The number of aryl methyl sites for hydroxylation is 1. The fourth-order valence-electron chi connectivity index (χ4n) is 4.79. The Balaban J connectivity index is 1.42. The Bertz CT molecular complexity index is 1500. The van der Waals surface area contributed by atoms with Crippen molar-refractivity contribution in [1.29, 1.82) is 0 Å². The van der Waals surface area contributed by atoms with Gasteiger partial charge in [-0.25, -0.2) is 9.78 Å². The van der Waals surface area contributed by atoms with Crippen molar-refractivity contribution in [3.63, 3.8) is 0 Å². The van der Waals surface area contributed by atoms with Crippen LogP contribution in [0.1, 0.15) is 21.7 Å². The van der Waals surface area contributed by atoms with Crippen LogP contribution in [0.15, 0.2) is 70.3 Å². The minimum atomic E-state index is -0.444. The Labute approximate surface area is 208 Å². The van der Waals surface area contributed by atoms with Gasteiger partial charge in [-0.05, 0) is 5.56 Å². The van der Waals surface area contributed by atoms with E-state index in [0.717, 1.165) is 37.3 Å². The Morgan fingerprint density at radius 2 is 1.39 bits per heavy atom. The summed E-state index contributed by atoms with van der Waals surface area (Å²) in [6.07, 6.45) is 0. The molecule has 5 rings (SSSR count). The largest absolute Gasteiger partial charge is 0.332 e. The van der Waals surface area contributed by atoms with Crippen LogP contribution in [-0.4, -0.2) is 60.4 Å². The van der Waals surface area contributed by atoms with Gasteiger partial charge in [0.15, 0.2) is 16.9 Å². The fraction of sp³-hybridized carbons (Fsp3) is 0.333. The third-order valence-electron chi connectivity index (χ3n) is 6.90. The summed E-state index contributed by atoms with van der Waals surface area (Å²) in [7, 11) is 3.05. The van der Waals surface area contributed by atoms with Gasteiger partial charge in [0.25, 0.3) is 5.56 Å². The average Bonchev–Trinajstić information content (AvgIpc) is 3.26. The molecule has 0 spiro atoms. The van der Waals surface area contributed by atoms with Crippen molar-refractivity contribution < 1.29 is 4.79 Å². The highest BCUT2D eigenvalue weighted by Gasteiger charge is 2.24. The zero-order valence-corrected chi connectivity index (χ0v) is 20.6. The van der Waals surface area contributed by atoms with Crippen molar-refractivity contribution in [2.75, 3.05) is 26.2 Å². The molecule has 1 saturated heterocycles. The molecular formula is C27H30N6O3. The normalized spacial score (nSPS) is 14.9. The van der Waals surface area contributed by atoms with Crippen LogP contribution < -0.4 is 11.2 Å². The molecule has 36 heavy (non-hydrogen) atoms. The van der Waals surface area contributed by atoms with Crippen LogP contribution in [0, 0.1) is 0 Å². The molecule has 0 radical (unpaired) electrons. The fourth-order valence-corrected chi connectivity index (χ4v) is 4.79. The van der Waals surface area contributed by atoms with Gasteiger partial charge in [0.05, 0.1) is 13.1 Å². The first kappa shape index (κ1) is 23.9. The number of rotatable bonds is 7. The minimum Gasteiger partial charge on any atom is -0.313 e. The molecule has 0 saturated carbocycles. The van der Waals surface area contributed by atoms with Gasteiger partial charge in [-0.2, -0.15) is 0 Å². The van der Waals surface area contributed by atoms with E-state index in [0.29, 0.717) is 23.6 Å². The van der Waals surface area contributed by atoms with E-state index in [2.05, 4.69) is 34.1 Å². The molecule has 9 nitrogen and oxygen atoms in total. The lowest BCUT2D eigenvalue weighted by atomic mass is 10.1. The first-order chi connectivity index (χ1) is 17.4. The molecular weight excluding hydrogens is 456 g/mol. The maximum atomic E-state index is 13.1. The smallest absolute Gasteiger partial charge is 0.313 e. The molecule has 0 bridgehead atoms. The molecule has 1 aliphatic heterocycles. The van der Waals surface area contributed by atoms with E-state index in [1.165, 1.54) is 17.2 Å². The third kappa shape index (κ3) is 4.67. The van der Waals surface area contributed by atoms with Crippen LogP contribution in [-0.2, 0) is 33.7 Å². The van der Waals surface area contributed by atoms with Crippen molar-refractivity contribution in [3.05, 3.63) is 98.5 Å². The lowest BCUT2D eigenvalue weighted by Crippen LogP contribution is -2.45. The van der Waals surface area contributed by atoms with Crippen LogP contribution in [0.25, 0.3) is 11.2 Å². The van der Waals surface area contributed by atoms with Crippen molar-refractivity contribution in [2.24, 2.45) is 14.1 Å². The maximum Gasteiger partial charge on any atom is 0.332 e. The highest BCUT2D eigenvalue weighted by molar-refractivity contribution is 5.96. The summed E-state index contributed by atoms with van der Waals surface area (Å²) < 4.78 is 4.14. The molecule has 2 aromatic carbocycles. The van der Waals surface area contributed by atoms with Crippen molar-refractivity contribution in [3.8, 4) is 0 Å². The number of fused-ring (bicyclic) bond motifs is 1. The first-order valence-electron chi connectivity index (χ1n) is 12.1. The summed E-state index contributed by atoms with van der Waals surface area (Å²) in [6.45, 7) is 4.91. The van der Waals surface area contributed by atoms with Gasteiger partial charge in [-0.3, -0.25) is 28.5 Å². The van der Waals surface area contributed by atoms with E-state index >= 15 is 0 Å². The van der Waals surface area contributed by atoms with Gasteiger partial charge in [0, 0.05) is 52.4 Å². The lowest BCUT2D eigenvalue weighted by Gasteiger charge is -2.34. The third-order valence-corrected chi connectivity index (χ3v) is 6.90. The standard InChI is InChI=1S/C27H30N6O3/c1-29-25-24(26(35)30(2)27(29)36)33(18-22(34)21-11-7-4-8-12-21)23(28-25)19-32-15-13-31(14-16-32)17-20-9-5-3-6-10-20/h3-12H,13-19H2,1-2H3. The molecule has 0 unspecified atom stereocenters. The number of ketones is 1. The van der Waals surface area contributed by atoms with Crippen LogP contribution in [0.2, 0.25) is 0 Å². The lowest BCUT2D eigenvalue weighted by molar-refractivity contribution is 0.0966. The van der Waals surface area contributed by atoms with Gasteiger partial charge in [0.2, 0.25) is 0 Å². The molecule has 1 aliphatic rings. The van der Waals surface area contributed by atoms with E-state index in [4.69, 9.17) is 4.98 Å². The predicted molar refractivity (Wildman–Crippen MR) is 138 cm³/mol. The van der Waals surface area contributed by atoms with Crippen LogP contribution >= 0.6 is 0 Å². The number of imidazole rings is 1. The van der Waals surface area contributed by atoms with E-state index in [-0.39, 0.29) is 17.8 Å². The molecule has 2 aromatic heterocycles. The summed E-state index contributed by atoms with van der Waals surface area (Å²) >= 11 is 0. The minimum absolute atomic E-state index is 0.0166. The zero-order chi connectivity index (χ0) is 25.2. The quantitative estimate of drug-likeness (QED) is 0.369. The monoisotopic (exact) mass is 486 g/mol. The van der Waals surface area contributed by atoms with Gasteiger partial charge in [0.1, 0.15) is 5.82 Å². The molecule has 186 valence electrons. The van der Waals surface area contributed by atoms with Crippen LogP contribution in [0.3, 0.4) is 0 Å². The summed E-state index contributed by atoms with van der Waals surface area (Å²) in [6, 6.07) is 19.5. The topological polar surface area (TPSA) is 85.4 Å². The Hall–Kier alpha value is -3.82. The van der Waals surface area contributed by atoms with E-state index in [1.807, 2.05) is 24.3 Å². The number of piperazine rings is 1. The number of hydrogen-bond donors (Lipinski definition) is 0. The molecule has 9 heteroatoms. The molecule has 0 aliphatic carbocycles. The second kappa shape index (κ2) is 10.0. The maximum absolute atomic E-state index is 13.1. The molecule has 1 fully saturated rings. The number of carbonyl (C=O) groups is 1. The van der Waals surface area contributed by atoms with Crippen LogP contribution in [0.4, 0.5) is 0 Å². The second-order valence-corrected chi connectivity index (χ2v) is 9.32. The number of aromatic nitrogens is 4. The summed E-state index contributed by atoms with van der Waals surface area (Å²) in [4.78, 5) is 48.2. The highest BCUT2D eigenvalue weighted by Crippen LogP contribution is 2.17. The van der Waals surface area contributed by atoms with E-state index in [1.54, 1.807) is 23.7 Å². The van der Waals surface area contributed by atoms with Crippen LogP contribution in [0.5, 0.6) is 0 Å². The Morgan fingerprint density at radius 3 is 2.03 bits per heavy atom. The van der Waals surface area contributed by atoms with E-state index in [9.17, 15) is 14.4 Å². The number of Topliss-reactive ketones (excluding diaryl/α,β-unsaturated/α-hetero) is 1. The Kier molecular flexibility index (Phi) is 6.67. The van der Waals surface area contributed by atoms with Gasteiger partial charge >= 0.3 is 5.69 Å². The average molecular weight is 487 g/mol. The van der Waals surface area contributed by atoms with Gasteiger partial charge in [-0.15, -0.1) is 0 Å². The zero-order valence-electron chi connectivity index (χ0n) is 20.6. The highest BCUT2D eigenvalue weighted by atomic mass is 16.2. The number of benzene rings is 2. The molecule has 0 atom stereocenters. The molecule has 4 aromatic rings. The van der Waals surface area contributed by atoms with Crippen molar-refractivity contribution >= 4 is 16.9 Å². The van der Waals surface area contributed by atoms with Gasteiger partial charge < -0.3 is 4.57 Å². The summed E-state index contributed by atoms with van der Waals surface area (Å²) in [5, 5.41) is 0. The summed E-state index contributed by atoms with van der Waals surface area (Å²) in [5.41, 5.74) is 1.57. The van der Waals surface area contributed by atoms with Crippen molar-refractivity contribution in [1.82, 2.24) is 28.5 Å². The number of nitrogens with zero attached hydrogens (tertiary/aromatic N) is 6. The second-order valence-electron chi connectivity index (χ2n) is 9.32. The predicted octanol–water partition coefficient (Wildman–Crippen LogP) is 1.63. The number of hydrogen-bond acceptors (Lipinski definition) is 6. The summed E-state index contributed by atoms with van der Waals surface area (Å²) in [5.74, 6) is 0.504. The molecule has 0 N–H and O–H groups in total. The molecule has 3 heterocycles. The van der Waals surface area contributed by atoms with E-state index < -0.39 is 11.2 Å². The molecule has 0 amide bonds. The first-order valence-corrected chi connectivity index (χ1v) is 12.1. The number of carbonyl (C=O) groups excluding carboxylic acids is 1. The van der Waals surface area contributed by atoms with Gasteiger partial charge in [-0.1, -0.05) is 60.7 Å².